The van der Waals surface area contributed by atoms with Crippen LogP contribution >= 0.6 is 0 Å². The van der Waals surface area contributed by atoms with Crippen LogP contribution in [0.4, 0.5) is 17.3 Å². The topological polar surface area (TPSA) is 49.8 Å². The van der Waals surface area contributed by atoms with Crippen LogP contribution in [0, 0.1) is 13.8 Å². The van der Waals surface area contributed by atoms with Crippen molar-refractivity contribution in [2.24, 2.45) is 0 Å². The van der Waals surface area contributed by atoms with Gasteiger partial charge in [-0.3, -0.25) is 0 Å². The summed E-state index contributed by atoms with van der Waals surface area (Å²) in [6.45, 7) is 4.20. The summed E-state index contributed by atoms with van der Waals surface area (Å²) in [4.78, 5) is 8.69. The molecule has 2 aromatic rings. The first-order valence-corrected chi connectivity index (χ1v) is 8.13. The second-order valence-corrected chi connectivity index (χ2v) is 6.21. The molecule has 1 aromatic carbocycles. The second-order valence-electron chi connectivity index (χ2n) is 6.21. The molecule has 1 aliphatic rings. The van der Waals surface area contributed by atoms with Gasteiger partial charge in [-0.2, -0.15) is 0 Å². The minimum atomic E-state index is 0.553. The van der Waals surface area contributed by atoms with Gasteiger partial charge in [-0.15, -0.1) is 0 Å². The average molecular weight is 296 g/mol. The Morgan fingerprint density at radius 3 is 2.55 bits per heavy atom. The summed E-state index contributed by atoms with van der Waals surface area (Å²) in [7, 11) is 0. The maximum absolute atomic E-state index is 4.35. The van der Waals surface area contributed by atoms with Crippen molar-refractivity contribution < 1.29 is 0 Å². The highest BCUT2D eigenvalue weighted by molar-refractivity contribution is 5.63. The molecule has 1 heterocycles. The summed E-state index contributed by atoms with van der Waals surface area (Å²) >= 11 is 0. The Labute approximate surface area is 132 Å². The van der Waals surface area contributed by atoms with Crippen molar-refractivity contribution in [2.45, 2.75) is 52.0 Å². The molecule has 2 N–H and O–H groups in total. The highest BCUT2D eigenvalue weighted by Crippen LogP contribution is 2.24. The van der Waals surface area contributed by atoms with E-state index in [9.17, 15) is 0 Å². The predicted octanol–water partition coefficient (Wildman–Crippen LogP) is 4.58. The molecule has 4 nitrogen and oxygen atoms in total. The summed E-state index contributed by atoms with van der Waals surface area (Å²) in [6, 6.07) is 8.94. The van der Waals surface area contributed by atoms with Gasteiger partial charge in [0.15, 0.2) is 0 Å². The fourth-order valence-corrected chi connectivity index (χ4v) is 2.97. The predicted molar refractivity (Wildman–Crippen MR) is 91.7 cm³/mol. The Bertz CT molecular complexity index is 633. The third kappa shape index (κ3) is 3.75. The van der Waals surface area contributed by atoms with Crippen LogP contribution in [0.25, 0.3) is 0 Å². The van der Waals surface area contributed by atoms with E-state index in [0.29, 0.717) is 6.04 Å². The molecular formula is C18H24N4. The minimum absolute atomic E-state index is 0.553. The highest BCUT2D eigenvalue weighted by atomic mass is 15.1. The maximum Gasteiger partial charge on any atom is 0.135 e. The minimum Gasteiger partial charge on any atom is -0.367 e. The smallest absolute Gasteiger partial charge is 0.135 e. The Balaban J connectivity index is 1.71. The van der Waals surface area contributed by atoms with Crippen molar-refractivity contribution in [3.8, 4) is 0 Å². The third-order valence-corrected chi connectivity index (χ3v) is 4.28. The SMILES string of the molecule is Cc1ccc(C)c(Nc2cc(NC3CCCCC3)ncn2)c1. The molecule has 0 atom stereocenters. The van der Waals surface area contributed by atoms with Crippen molar-refractivity contribution in [1.29, 1.82) is 0 Å². The van der Waals surface area contributed by atoms with E-state index in [0.717, 1.165) is 17.3 Å². The molecule has 0 aliphatic heterocycles. The van der Waals surface area contributed by atoms with E-state index in [1.807, 2.05) is 6.07 Å². The van der Waals surface area contributed by atoms with Crippen LogP contribution in [0.2, 0.25) is 0 Å². The van der Waals surface area contributed by atoms with Crippen LogP contribution in [0.5, 0.6) is 0 Å². The van der Waals surface area contributed by atoms with E-state index in [4.69, 9.17) is 0 Å². The standard InChI is InChI=1S/C18H24N4/c1-13-8-9-14(2)16(10-13)22-18-11-17(19-12-20-18)21-15-6-4-3-5-7-15/h8-12,15H,3-7H2,1-2H3,(H2,19,20,21,22). The van der Waals surface area contributed by atoms with Gasteiger partial charge in [0.25, 0.3) is 0 Å². The number of aryl methyl sites for hydroxylation is 2. The Morgan fingerprint density at radius 1 is 0.955 bits per heavy atom. The average Bonchev–Trinajstić information content (AvgIpc) is 2.52. The fourth-order valence-electron chi connectivity index (χ4n) is 2.97. The molecule has 1 aliphatic carbocycles. The number of nitrogens with one attached hydrogen (secondary N) is 2. The lowest BCUT2D eigenvalue weighted by molar-refractivity contribution is 0.462. The quantitative estimate of drug-likeness (QED) is 0.867. The summed E-state index contributed by atoms with van der Waals surface area (Å²) in [5.74, 6) is 1.75. The van der Waals surface area contributed by atoms with E-state index >= 15 is 0 Å². The van der Waals surface area contributed by atoms with Crippen molar-refractivity contribution in [3.05, 3.63) is 41.7 Å². The van der Waals surface area contributed by atoms with Gasteiger partial charge < -0.3 is 10.6 Å². The van der Waals surface area contributed by atoms with E-state index in [2.05, 4.69) is 52.6 Å². The molecule has 1 fully saturated rings. The fraction of sp³-hybridized carbons (Fsp3) is 0.444. The van der Waals surface area contributed by atoms with Gasteiger partial charge in [0.1, 0.15) is 18.0 Å². The first-order chi connectivity index (χ1) is 10.7. The van der Waals surface area contributed by atoms with Gasteiger partial charge in [0.2, 0.25) is 0 Å². The molecule has 1 aromatic heterocycles. The largest absolute Gasteiger partial charge is 0.367 e. The molecule has 1 saturated carbocycles. The molecule has 4 heteroatoms. The van der Waals surface area contributed by atoms with Crippen molar-refractivity contribution in [2.75, 3.05) is 10.6 Å². The molecule has 0 amide bonds. The van der Waals surface area contributed by atoms with Crippen LogP contribution in [-0.2, 0) is 0 Å². The van der Waals surface area contributed by atoms with E-state index in [-0.39, 0.29) is 0 Å². The summed E-state index contributed by atoms with van der Waals surface area (Å²) in [5, 5.41) is 6.94. The summed E-state index contributed by atoms with van der Waals surface area (Å²) in [5.41, 5.74) is 3.55. The Morgan fingerprint density at radius 2 is 1.73 bits per heavy atom. The van der Waals surface area contributed by atoms with Crippen LogP contribution in [-0.4, -0.2) is 16.0 Å². The van der Waals surface area contributed by atoms with Gasteiger partial charge in [-0.1, -0.05) is 31.4 Å². The van der Waals surface area contributed by atoms with Crippen LogP contribution < -0.4 is 10.6 Å². The summed E-state index contributed by atoms with van der Waals surface area (Å²) < 4.78 is 0. The van der Waals surface area contributed by atoms with Crippen LogP contribution in [0.3, 0.4) is 0 Å². The first kappa shape index (κ1) is 14.8. The van der Waals surface area contributed by atoms with Crippen molar-refractivity contribution >= 4 is 17.3 Å². The third-order valence-electron chi connectivity index (χ3n) is 4.28. The van der Waals surface area contributed by atoms with Gasteiger partial charge >= 0.3 is 0 Å². The lowest BCUT2D eigenvalue weighted by atomic mass is 9.95. The number of aromatic nitrogens is 2. The Kier molecular flexibility index (Phi) is 4.56. The molecular weight excluding hydrogens is 272 g/mol. The lowest BCUT2D eigenvalue weighted by Crippen LogP contribution is -2.22. The molecule has 0 radical (unpaired) electrons. The zero-order valence-electron chi connectivity index (χ0n) is 13.4. The molecule has 116 valence electrons. The maximum atomic E-state index is 4.35. The summed E-state index contributed by atoms with van der Waals surface area (Å²) in [6.07, 6.45) is 8.10. The van der Waals surface area contributed by atoms with Gasteiger partial charge in [-0.25, -0.2) is 9.97 Å². The number of hydrogen-bond donors (Lipinski definition) is 2. The highest BCUT2D eigenvalue weighted by Gasteiger charge is 2.13. The number of rotatable bonds is 4. The normalized spacial score (nSPS) is 15.5. The monoisotopic (exact) mass is 296 g/mol. The zero-order chi connectivity index (χ0) is 15.4. The van der Waals surface area contributed by atoms with Gasteiger partial charge in [0.05, 0.1) is 0 Å². The lowest BCUT2D eigenvalue weighted by Gasteiger charge is -2.23. The Hall–Kier alpha value is -2.10. The van der Waals surface area contributed by atoms with Crippen LogP contribution in [0.15, 0.2) is 30.6 Å². The number of anilines is 3. The van der Waals surface area contributed by atoms with E-state index < -0.39 is 0 Å². The van der Waals surface area contributed by atoms with E-state index in [1.54, 1.807) is 6.33 Å². The molecule has 0 bridgehead atoms. The number of benzene rings is 1. The van der Waals surface area contributed by atoms with Gasteiger partial charge in [-0.05, 0) is 43.9 Å². The van der Waals surface area contributed by atoms with Crippen LogP contribution in [0.1, 0.15) is 43.2 Å². The molecule has 0 unspecified atom stereocenters. The van der Waals surface area contributed by atoms with Crippen molar-refractivity contribution in [3.63, 3.8) is 0 Å². The van der Waals surface area contributed by atoms with E-state index in [1.165, 1.54) is 43.2 Å². The first-order valence-electron chi connectivity index (χ1n) is 8.13. The molecule has 3 rings (SSSR count). The molecule has 0 spiro atoms. The molecule has 0 saturated heterocycles. The second kappa shape index (κ2) is 6.77. The van der Waals surface area contributed by atoms with Gasteiger partial charge in [0, 0.05) is 17.8 Å². The zero-order valence-corrected chi connectivity index (χ0v) is 13.4. The van der Waals surface area contributed by atoms with Crippen molar-refractivity contribution in [1.82, 2.24) is 9.97 Å². The number of hydrogen-bond acceptors (Lipinski definition) is 4. The molecule has 22 heavy (non-hydrogen) atoms. The number of nitrogens with zero attached hydrogens (tertiary/aromatic N) is 2.